The second-order valence-electron chi connectivity index (χ2n) is 5.85. The van der Waals surface area contributed by atoms with Gasteiger partial charge in [-0.2, -0.15) is 0 Å². The number of furan rings is 1. The second-order valence-corrected chi connectivity index (χ2v) is 5.85. The van der Waals surface area contributed by atoms with E-state index in [4.69, 9.17) is 4.42 Å². The minimum absolute atomic E-state index is 0.278. The van der Waals surface area contributed by atoms with Gasteiger partial charge in [0.2, 0.25) is 0 Å². The van der Waals surface area contributed by atoms with E-state index < -0.39 is 0 Å². The lowest BCUT2D eigenvalue weighted by Crippen LogP contribution is -2.29. The summed E-state index contributed by atoms with van der Waals surface area (Å²) in [6.45, 7) is 4.31. The van der Waals surface area contributed by atoms with Crippen LogP contribution in [-0.4, -0.2) is 29.2 Å². The molecule has 0 saturated carbocycles. The molecule has 0 spiro atoms. The molecule has 21 heavy (non-hydrogen) atoms. The zero-order chi connectivity index (χ0) is 14.7. The van der Waals surface area contributed by atoms with Crippen LogP contribution in [0.3, 0.4) is 0 Å². The molecule has 1 aliphatic rings. The standard InChI is InChI=1S/C18H23NO2/c1-14-8-9-18(21-14)17-7-3-2-5-15(17)13-19-11-4-6-16(19)10-12-20/h2-3,5,7-9,16,20H,4,6,10-13H2,1H3. The Balaban J connectivity index is 1.82. The van der Waals surface area contributed by atoms with Gasteiger partial charge in [0.15, 0.2) is 0 Å². The molecule has 3 heteroatoms. The Morgan fingerprint density at radius 2 is 2.10 bits per heavy atom. The van der Waals surface area contributed by atoms with E-state index in [2.05, 4.69) is 29.2 Å². The summed E-state index contributed by atoms with van der Waals surface area (Å²) in [5.74, 6) is 1.89. The molecule has 2 heterocycles. The summed E-state index contributed by atoms with van der Waals surface area (Å²) in [4.78, 5) is 2.49. The van der Waals surface area contributed by atoms with Crippen molar-refractivity contribution >= 4 is 0 Å². The summed E-state index contributed by atoms with van der Waals surface area (Å²) in [6.07, 6.45) is 3.30. The minimum Gasteiger partial charge on any atom is -0.461 e. The van der Waals surface area contributed by atoms with Crippen molar-refractivity contribution in [2.24, 2.45) is 0 Å². The number of nitrogens with zero attached hydrogens (tertiary/aromatic N) is 1. The molecule has 1 atom stereocenters. The third kappa shape index (κ3) is 3.20. The van der Waals surface area contributed by atoms with E-state index >= 15 is 0 Å². The number of aliphatic hydroxyl groups is 1. The van der Waals surface area contributed by atoms with Gasteiger partial charge in [0.25, 0.3) is 0 Å². The highest BCUT2D eigenvalue weighted by Crippen LogP contribution is 2.29. The number of aryl methyl sites for hydroxylation is 1. The van der Waals surface area contributed by atoms with Crippen LogP contribution in [0.5, 0.6) is 0 Å². The fraction of sp³-hybridized carbons (Fsp3) is 0.444. The molecule has 3 nitrogen and oxygen atoms in total. The first-order chi connectivity index (χ1) is 10.3. The maximum Gasteiger partial charge on any atom is 0.134 e. The first-order valence-electron chi connectivity index (χ1n) is 7.77. The van der Waals surface area contributed by atoms with Crippen molar-refractivity contribution in [1.82, 2.24) is 4.90 Å². The molecule has 3 rings (SSSR count). The van der Waals surface area contributed by atoms with Crippen LogP contribution < -0.4 is 0 Å². The Morgan fingerprint density at radius 3 is 2.86 bits per heavy atom. The number of benzene rings is 1. The third-order valence-electron chi connectivity index (χ3n) is 4.36. The lowest BCUT2D eigenvalue weighted by molar-refractivity contribution is 0.190. The lowest BCUT2D eigenvalue weighted by Gasteiger charge is -2.24. The van der Waals surface area contributed by atoms with Gasteiger partial charge in [-0.25, -0.2) is 0 Å². The van der Waals surface area contributed by atoms with Crippen LogP contribution in [0.25, 0.3) is 11.3 Å². The van der Waals surface area contributed by atoms with E-state index in [9.17, 15) is 5.11 Å². The zero-order valence-corrected chi connectivity index (χ0v) is 12.6. The zero-order valence-electron chi connectivity index (χ0n) is 12.6. The molecule has 112 valence electrons. The first-order valence-corrected chi connectivity index (χ1v) is 7.77. The smallest absolute Gasteiger partial charge is 0.134 e. The Hall–Kier alpha value is -1.58. The fourth-order valence-electron chi connectivity index (χ4n) is 3.28. The number of aliphatic hydroxyl groups excluding tert-OH is 1. The average molecular weight is 285 g/mol. The van der Waals surface area contributed by atoms with Crippen LogP contribution >= 0.6 is 0 Å². The molecule has 1 fully saturated rings. The summed E-state index contributed by atoms with van der Waals surface area (Å²) < 4.78 is 5.79. The molecule has 0 radical (unpaired) electrons. The van der Waals surface area contributed by atoms with Gasteiger partial charge in [-0.3, -0.25) is 4.90 Å². The van der Waals surface area contributed by atoms with Gasteiger partial charge < -0.3 is 9.52 Å². The quantitative estimate of drug-likeness (QED) is 0.912. The highest BCUT2D eigenvalue weighted by atomic mass is 16.3. The van der Waals surface area contributed by atoms with Crippen molar-refractivity contribution in [2.45, 2.75) is 38.8 Å². The van der Waals surface area contributed by atoms with Crippen LogP contribution in [0.1, 0.15) is 30.6 Å². The predicted octanol–water partition coefficient (Wildman–Crippen LogP) is 3.60. The van der Waals surface area contributed by atoms with Gasteiger partial charge in [0.1, 0.15) is 11.5 Å². The van der Waals surface area contributed by atoms with Crippen molar-refractivity contribution < 1.29 is 9.52 Å². The van der Waals surface area contributed by atoms with Gasteiger partial charge in [0, 0.05) is 24.8 Å². The molecule has 1 saturated heterocycles. The summed E-state index contributed by atoms with van der Waals surface area (Å²) in [7, 11) is 0. The summed E-state index contributed by atoms with van der Waals surface area (Å²) >= 11 is 0. The van der Waals surface area contributed by atoms with E-state index in [0.717, 1.165) is 31.0 Å². The van der Waals surface area contributed by atoms with Crippen molar-refractivity contribution in [3.8, 4) is 11.3 Å². The van der Waals surface area contributed by atoms with E-state index in [1.54, 1.807) is 0 Å². The van der Waals surface area contributed by atoms with Gasteiger partial charge in [-0.1, -0.05) is 24.3 Å². The lowest BCUT2D eigenvalue weighted by atomic mass is 10.0. The SMILES string of the molecule is Cc1ccc(-c2ccccc2CN2CCCC2CCO)o1. The molecule has 1 aliphatic heterocycles. The largest absolute Gasteiger partial charge is 0.461 e. The molecule has 0 bridgehead atoms. The van der Waals surface area contributed by atoms with Crippen LogP contribution in [0.4, 0.5) is 0 Å². The van der Waals surface area contributed by atoms with Crippen molar-refractivity contribution in [1.29, 1.82) is 0 Å². The molecule has 1 aromatic carbocycles. The van der Waals surface area contributed by atoms with E-state index in [0.29, 0.717) is 6.04 Å². The second kappa shape index (κ2) is 6.46. The van der Waals surface area contributed by atoms with E-state index in [1.165, 1.54) is 24.0 Å². The molecule has 0 amide bonds. The van der Waals surface area contributed by atoms with Crippen LogP contribution in [0.2, 0.25) is 0 Å². The number of likely N-dealkylation sites (tertiary alicyclic amines) is 1. The minimum atomic E-state index is 0.278. The maximum atomic E-state index is 9.20. The Morgan fingerprint density at radius 1 is 1.24 bits per heavy atom. The number of hydrogen-bond acceptors (Lipinski definition) is 3. The molecule has 2 aromatic rings. The molecular formula is C18H23NO2. The molecule has 1 aromatic heterocycles. The summed E-state index contributed by atoms with van der Waals surface area (Å²) in [5.41, 5.74) is 2.48. The number of rotatable bonds is 5. The predicted molar refractivity (Wildman–Crippen MR) is 84.0 cm³/mol. The van der Waals surface area contributed by atoms with Gasteiger partial charge in [0.05, 0.1) is 0 Å². The van der Waals surface area contributed by atoms with E-state index in [-0.39, 0.29) is 6.61 Å². The highest BCUT2D eigenvalue weighted by Gasteiger charge is 2.24. The Bertz CT molecular complexity index is 590. The average Bonchev–Trinajstić information content (AvgIpc) is 3.10. The van der Waals surface area contributed by atoms with Crippen molar-refractivity contribution in [2.75, 3.05) is 13.2 Å². The third-order valence-corrected chi connectivity index (χ3v) is 4.36. The topological polar surface area (TPSA) is 36.6 Å². The molecule has 1 N–H and O–H groups in total. The van der Waals surface area contributed by atoms with Crippen molar-refractivity contribution in [3.63, 3.8) is 0 Å². The highest BCUT2D eigenvalue weighted by molar-refractivity contribution is 5.62. The molecular weight excluding hydrogens is 262 g/mol. The monoisotopic (exact) mass is 285 g/mol. The van der Waals surface area contributed by atoms with Crippen LogP contribution in [0, 0.1) is 6.92 Å². The van der Waals surface area contributed by atoms with Gasteiger partial charge >= 0.3 is 0 Å². The number of hydrogen-bond donors (Lipinski definition) is 1. The van der Waals surface area contributed by atoms with Crippen molar-refractivity contribution in [3.05, 3.63) is 47.7 Å². The summed E-state index contributed by atoms with van der Waals surface area (Å²) in [6, 6.07) is 13.0. The Kier molecular flexibility index (Phi) is 4.42. The van der Waals surface area contributed by atoms with Gasteiger partial charge in [-0.05, 0) is 50.4 Å². The van der Waals surface area contributed by atoms with Crippen LogP contribution in [0.15, 0.2) is 40.8 Å². The molecule has 0 aliphatic carbocycles. The normalized spacial score (nSPS) is 19.2. The fourth-order valence-corrected chi connectivity index (χ4v) is 3.28. The first kappa shape index (κ1) is 14.4. The summed E-state index contributed by atoms with van der Waals surface area (Å²) in [5, 5.41) is 9.20. The van der Waals surface area contributed by atoms with E-state index in [1.807, 2.05) is 19.1 Å². The van der Waals surface area contributed by atoms with Crippen LogP contribution in [-0.2, 0) is 6.54 Å². The maximum absolute atomic E-state index is 9.20. The van der Waals surface area contributed by atoms with Gasteiger partial charge in [-0.15, -0.1) is 0 Å². The Labute approximate surface area is 126 Å². The molecule has 1 unspecified atom stereocenters.